The Balaban J connectivity index is 3.49. The second-order valence-corrected chi connectivity index (χ2v) is 1.56. The van der Waals surface area contributed by atoms with Gasteiger partial charge in [0.2, 0.25) is 0 Å². The summed E-state index contributed by atoms with van der Waals surface area (Å²) in [6.45, 7) is 2.04. The van der Waals surface area contributed by atoms with Crippen molar-refractivity contribution in [3.63, 3.8) is 0 Å². The minimum absolute atomic E-state index is 0.0315. The largest absolute Gasteiger partial charge is 0.392 e. The first-order valence-corrected chi connectivity index (χ1v) is 2.74. The zero-order valence-corrected chi connectivity index (χ0v) is 5.09. The van der Waals surface area contributed by atoms with Gasteiger partial charge in [-0.1, -0.05) is 13.0 Å². The Kier molecular flexibility index (Phi) is 4.61. The van der Waals surface area contributed by atoms with Crippen LogP contribution in [0.2, 0.25) is 0 Å². The molecule has 0 saturated carbocycles. The van der Waals surface area contributed by atoms with Gasteiger partial charge in [-0.05, 0) is 12.0 Å². The average Bonchev–Trinajstić information content (AvgIpc) is 1.83. The molecule has 0 bridgehead atoms. The molecule has 0 radical (unpaired) electrons. The Morgan fingerprint density at radius 1 is 1.50 bits per heavy atom. The molecule has 2 nitrogen and oxygen atoms in total. The molecular formula is C6H12O2. The van der Waals surface area contributed by atoms with Crippen molar-refractivity contribution in [3.05, 3.63) is 11.6 Å². The summed E-state index contributed by atoms with van der Waals surface area (Å²) in [5.41, 5.74) is 0.896. The molecule has 0 aromatic rings. The highest BCUT2D eigenvalue weighted by Gasteiger charge is 1.86. The van der Waals surface area contributed by atoms with E-state index in [-0.39, 0.29) is 13.2 Å². The van der Waals surface area contributed by atoms with Crippen LogP contribution in [0, 0.1) is 0 Å². The Hall–Kier alpha value is -0.340. The number of aliphatic hydroxyl groups excluding tert-OH is 2. The van der Waals surface area contributed by atoms with E-state index >= 15 is 0 Å². The van der Waals surface area contributed by atoms with Gasteiger partial charge in [-0.3, -0.25) is 0 Å². The van der Waals surface area contributed by atoms with E-state index in [0.717, 1.165) is 12.0 Å². The van der Waals surface area contributed by atoms with Crippen LogP contribution >= 0.6 is 0 Å². The predicted octanol–water partition coefficient (Wildman–Crippen LogP) is 0.307. The lowest BCUT2D eigenvalue weighted by Crippen LogP contribution is -1.89. The van der Waals surface area contributed by atoms with Gasteiger partial charge in [0.05, 0.1) is 13.2 Å². The first kappa shape index (κ1) is 7.66. The van der Waals surface area contributed by atoms with Crippen molar-refractivity contribution in [2.45, 2.75) is 13.3 Å². The van der Waals surface area contributed by atoms with E-state index in [9.17, 15) is 0 Å². The molecule has 0 spiro atoms. The fourth-order valence-corrected chi connectivity index (χ4v) is 0.450. The number of hydrogen-bond donors (Lipinski definition) is 2. The fraction of sp³-hybridized carbons (Fsp3) is 0.667. The number of hydrogen-bond acceptors (Lipinski definition) is 2. The van der Waals surface area contributed by atoms with Crippen LogP contribution in [0.25, 0.3) is 0 Å². The van der Waals surface area contributed by atoms with E-state index < -0.39 is 0 Å². The maximum atomic E-state index is 8.48. The summed E-state index contributed by atoms with van der Waals surface area (Å²) >= 11 is 0. The van der Waals surface area contributed by atoms with Crippen molar-refractivity contribution in [3.8, 4) is 0 Å². The molecule has 0 rings (SSSR count). The van der Waals surface area contributed by atoms with Gasteiger partial charge in [0.15, 0.2) is 0 Å². The van der Waals surface area contributed by atoms with Crippen LogP contribution in [-0.4, -0.2) is 23.4 Å². The van der Waals surface area contributed by atoms with E-state index in [0.29, 0.717) is 0 Å². The lowest BCUT2D eigenvalue weighted by molar-refractivity contribution is 0.316. The van der Waals surface area contributed by atoms with Gasteiger partial charge in [0.1, 0.15) is 0 Å². The van der Waals surface area contributed by atoms with Crippen LogP contribution in [0.1, 0.15) is 13.3 Å². The van der Waals surface area contributed by atoms with E-state index in [1.807, 2.05) is 6.92 Å². The van der Waals surface area contributed by atoms with Gasteiger partial charge in [-0.15, -0.1) is 0 Å². The third kappa shape index (κ3) is 2.77. The summed E-state index contributed by atoms with van der Waals surface area (Å²) in [6, 6.07) is 0. The van der Waals surface area contributed by atoms with Crippen LogP contribution < -0.4 is 0 Å². The second kappa shape index (κ2) is 4.81. The molecule has 0 aliphatic carbocycles. The van der Waals surface area contributed by atoms with Crippen LogP contribution in [-0.2, 0) is 0 Å². The summed E-state index contributed by atoms with van der Waals surface area (Å²) < 4.78 is 0. The van der Waals surface area contributed by atoms with Crippen molar-refractivity contribution < 1.29 is 10.2 Å². The Labute approximate surface area is 49.5 Å². The molecule has 48 valence electrons. The van der Waals surface area contributed by atoms with E-state index in [4.69, 9.17) is 10.2 Å². The third-order valence-corrected chi connectivity index (χ3v) is 1.04. The Morgan fingerprint density at radius 3 is 2.25 bits per heavy atom. The Bertz CT molecular complexity index is 70.6. The van der Waals surface area contributed by atoms with Gasteiger partial charge in [0.25, 0.3) is 0 Å². The number of rotatable bonds is 3. The topological polar surface area (TPSA) is 40.5 Å². The summed E-state index contributed by atoms with van der Waals surface area (Å²) in [4.78, 5) is 0. The zero-order valence-electron chi connectivity index (χ0n) is 5.09. The van der Waals surface area contributed by atoms with E-state index in [1.165, 1.54) is 0 Å². The smallest absolute Gasteiger partial charge is 0.0642 e. The SMILES string of the molecule is CC/C(=C/CO)CO. The highest BCUT2D eigenvalue weighted by Crippen LogP contribution is 1.95. The molecule has 0 unspecified atom stereocenters. The second-order valence-electron chi connectivity index (χ2n) is 1.56. The minimum Gasteiger partial charge on any atom is -0.392 e. The van der Waals surface area contributed by atoms with E-state index in [2.05, 4.69) is 0 Å². The highest BCUT2D eigenvalue weighted by atomic mass is 16.3. The third-order valence-electron chi connectivity index (χ3n) is 1.04. The summed E-state index contributed by atoms with van der Waals surface area (Å²) in [5.74, 6) is 0. The van der Waals surface area contributed by atoms with Gasteiger partial charge in [0, 0.05) is 0 Å². The monoisotopic (exact) mass is 116 g/mol. The van der Waals surface area contributed by atoms with Gasteiger partial charge in [-0.2, -0.15) is 0 Å². The summed E-state index contributed by atoms with van der Waals surface area (Å²) in [6.07, 6.45) is 2.44. The quantitative estimate of drug-likeness (QED) is 0.521. The predicted molar refractivity (Wildman–Crippen MR) is 32.5 cm³/mol. The molecule has 0 amide bonds. The molecule has 0 saturated heterocycles. The molecule has 0 heterocycles. The van der Waals surface area contributed by atoms with Crippen molar-refractivity contribution in [1.82, 2.24) is 0 Å². The summed E-state index contributed by atoms with van der Waals surface area (Å²) in [7, 11) is 0. The highest BCUT2D eigenvalue weighted by molar-refractivity contribution is 5.00. The van der Waals surface area contributed by atoms with Crippen molar-refractivity contribution in [2.24, 2.45) is 0 Å². The van der Waals surface area contributed by atoms with Crippen LogP contribution in [0.4, 0.5) is 0 Å². The van der Waals surface area contributed by atoms with Gasteiger partial charge >= 0.3 is 0 Å². The average molecular weight is 116 g/mol. The molecule has 0 aliphatic heterocycles. The van der Waals surface area contributed by atoms with Crippen molar-refractivity contribution in [2.75, 3.05) is 13.2 Å². The molecule has 0 aliphatic rings. The molecule has 0 fully saturated rings. The fourth-order valence-electron chi connectivity index (χ4n) is 0.450. The number of aliphatic hydroxyl groups is 2. The molecule has 0 aromatic heterocycles. The molecule has 2 N–H and O–H groups in total. The molecule has 0 aromatic carbocycles. The van der Waals surface area contributed by atoms with Gasteiger partial charge in [-0.25, -0.2) is 0 Å². The molecule has 8 heavy (non-hydrogen) atoms. The van der Waals surface area contributed by atoms with Crippen molar-refractivity contribution in [1.29, 1.82) is 0 Å². The van der Waals surface area contributed by atoms with E-state index in [1.54, 1.807) is 6.08 Å². The lowest BCUT2D eigenvalue weighted by Gasteiger charge is -1.94. The van der Waals surface area contributed by atoms with Crippen LogP contribution in [0.5, 0.6) is 0 Å². The van der Waals surface area contributed by atoms with Crippen molar-refractivity contribution >= 4 is 0 Å². The first-order valence-electron chi connectivity index (χ1n) is 2.74. The maximum Gasteiger partial charge on any atom is 0.0642 e. The Morgan fingerprint density at radius 2 is 2.12 bits per heavy atom. The lowest BCUT2D eigenvalue weighted by atomic mass is 10.2. The van der Waals surface area contributed by atoms with Crippen LogP contribution in [0.15, 0.2) is 11.6 Å². The zero-order chi connectivity index (χ0) is 6.41. The minimum atomic E-state index is 0.0315. The standard InChI is InChI=1S/C6H12O2/c1-2-6(5-8)3-4-7/h3,7-8H,2,4-5H2,1H3/b6-3-. The maximum absolute atomic E-state index is 8.48. The normalized spacial score (nSPS) is 12.1. The molecule has 2 heteroatoms. The summed E-state index contributed by atoms with van der Waals surface area (Å²) in [5, 5.41) is 16.8. The van der Waals surface area contributed by atoms with Crippen LogP contribution in [0.3, 0.4) is 0 Å². The van der Waals surface area contributed by atoms with Gasteiger partial charge < -0.3 is 10.2 Å². The molecule has 0 atom stereocenters. The first-order chi connectivity index (χ1) is 3.85. The molecular weight excluding hydrogens is 104 g/mol.